The summed E-state index contributed by atoms with van der Waals surface area (Å²) in [6.45, 7) is 4.73. The van der Waals surface area contributed by atoms with Gasteiger partial charge in [-0.05, 0) is 18.9 Å². The molecule has 0 aliphatic rings. The molecule has 1 aromatic rings. The third-order valence-electron chi connectivity index (χ3n) is 2.96. The molecule has 0 atom stereocenters. The summed E-state index contributed by atoms with van der Waals surface area (Å²) in [5.74, 6) is -0.517. The Labute approximate surface area is 114 Å². The van der Waals surface area contributed by atoms with E-state index in [2.05, 4.69) is 11.9 Å². The molecule has 4 nitrogen and oxygen atoms in total. The summed E-state index contributed by atoms with van der Waals surface area (Å²) in [7, 11) is 0. The van der Waals surface area contributed by atoms with Crippen LogP contribution in [-0.2, 0) is 6.42 Å². The molecule has 0 radical (unpaired) electrons. The molecule has 0 spiro atoms. The first-order valence-electron chi connectivity index (χ1n) is 7.04. The maximum Gasteiger partial charge on any atom is 0.335 e. The smallest absolute Gasteiger partial charge is 0.335 e. The first-order chi connectivity index (χ1) is 9.17. The molecule has 0 aromatic carbocycles. The Morgan fingerprint density at radius 1 is 1.21 bits per heavy atom. The van der Waals surface area contributed by atoms with E-state index in [4.69, 9.17) is 9.84 Å². The zero-order valence-corrected chi connectivity index (χ0v) is 11.8. The van der Waals surface area contributed by atoms with Crippen molar-refractivity contribution in [2.45, 2.75) is 52.4 Å². The molecule has 0 amide bonds. The van der Waals surface area contributed by atoms with Gasteiger partial charge in [0.05, 0.1) is 12.2 Å². The van der Waals surface area contributed by atoms with Crippen LogP contribution in [0.15, 0.2) is 12.1 Å². The second-order valence-electron chi connectivity index (χ2n) is 4.61. The number of carboxylic acid groups (broad SMARTS) is 1. The largest absolute Gasteiger partial charge is 0.478 e. The molecule has 0 aliphatic carbocycles. The third-order valence-corrected chi connectivity index (χ3v) is 2.96. The van der Waals surface area contributed by atoms with E-state index in [0.717, 1.165) is 18.5 Å². The van der Waals surface area contributed by atoms with E-state index >= 15 is 0 Å². The van der Waals surface area contributed by atoms with Crippen LogP contribution in [0.3, 0.4) is 0 Å². The second-order valence-corrected chi connectivity index (χ2v) is 4.61. The zero-order valence-electron chi connectivity index (χ0n) is 11.8. The van der Waals surface area contributed by atoms with Gasteiger partial charge in [0.2, 0.25) is 5.88 Å². The van der Waals surface area contributed by atoms with Crippen LogP contribution in [0.2, 0.25) is 0 Å². The number of aromatic nitrogens is 1. The highest BCUT2D eigenvalue weighted by atomic mass is 16.5. The quantitative estimate of drug-likeness (QED) is 0.692. The van der Waals surface area contributed by atoms with E-state index in [1.165, 1.54) is 25.3 Å². The molecule has 0 unspecified atom stereocenters. The van der Waals surface area contributed by atoms with Gasteiger partial charge in [0.15, 0.2) is 0 Å². The molecule has 1 N–H and O–H groups in total. The predicted molar refractivity (Wildman–Crippen MR) is 74.8 cm³/mol. The van der Waals surface area contributed by atoms with E-state index < -0.39 is 5.97 Å². The minimum Gasteiger partial charge on any atom is -0.478 e. The van der Waals surface area contributed by atoms with Crippen molar-refractivity contribution in [3.05, 3.63) is 23.4 Å². The van der Waals surface area contributed by atoms with Gasteiger partial charge < -0.3 is 9.84 Å². The van der Waals surface area contributed by atoms with Gasteiger partial charge >= 0.3 is 5.97 Å². The van der Waals surface area contributed by atoms with Crippen molar-refractivity contribution in [1.29, 1.82) is 0 Å². The van der Waals surface area contributed by atoms with Crippen LogP contribution in [0.4, 0.5) is 0 Å². The minimum atomic E-state index is -0.940. The Morgan fingerprint density at radius 3 is 2.58 bits per heavy atom. The molecular weight excluding hydrogens is 242 g/mol. The van der Waals surface area contributed by atoms with Gasteiger partial charge in [0.1, 0.15) is 0 Å². The van der Waals surface area contributed by atoms with Gasteiger partial charge in [-0.15, -0.1) is 0 Å². The van der Waals surface area contributed by atoms with Crippen LogP contribution in [0.5, 0.6) is 5.88 Å². The summed E-state index contributed by atoms with van der Waals surface area (Å²) < 4.78 is 5.55. The van der Waals surface area contributed by atoms with Crippen molar-refractivity contribution >= 4 is 5.97 Å². The molecule has 19 heavy (non-hydrogen) atoms. The number of carbonyl (C=O) groups is 1. The lowest BCUT2D eigenvalue weighted by Gasteiger charge is -2.08. The van der Waals surface area contributed by atoms with E-state index in [0.29, 0.717) is 18.9 Å². The number of nitrogens with zero attached hydrogens (tertiary/aromatic N) is 1. The molecular formula is C15H23NO3. The van der Waals surface area contributed by atoms with Crippen LogP contribution in [0.1, 0.15) is 62.0 Å². The van der Waals surface area contributed by atoms with Crippen LogP contribution < -0.4 is 4.74 Å². The molecule has 0 saturated heterocycles. The van der Waals surface area contributed by atoms with E-state index in [1.807, 2.05) is 6.92 Å². The number of hydrogen-bond acceptors (Lipinski definition) is 3. The molecule has 1 aromatic heterocycles. The van der Waals surface area contributed by atoms with Gasteiger partial charge in [0, 0.05) is 11.8 Å². The number of carboxylic acids is 1. The van der Waals surface area contributed by atoms with Crippen molar-refractivity contribution in [2.24, 2.45) is 0 Å². The standard InChI is InChI=1S/C15H23NO3/c1-3-5-6-7-8-9-19-14-11-12(15(17)18)10-13(4-2)16-14/h10-11H,3-9H2,1-2H3,(H,17,18). The SMILES string of the molecule is CCCCCCCOc1cc(C(=O)O)cc(CC)n1. The maximum absolute atomic E-state index is 11.0. The van der Waals surface area contributed by atoms with Gasteiger partial charge in [-0.1, -0.05) is 39.5 Å². The first kappa shape index (κ1) is 15.5. The topological polar surface area (TPSA) is 59.4 Å². The minimum absolute atomic E-state index is 0.243. The van der Waals surface area contributed by atoms with Crippen molar-refractivity contribution in [2.75, 3.05) is 6.61 Å². The number of hydrogen-bond donors (Lipinski definition) is 1. The van der Waals surface area contributed by atoms with Crippen LogP contribution in [-0.4, -0.2) is 22.7 Å². The highest BCUT2D eigenvalue weighted by Crippen LogP contribution is 2.14. The average molecular weight is 265 g/mol. The summed E-state index contributed by atoms with van der Waals surface area (Å²) in [5.41, 5.74) is 0.994. The summed E-state index contributed by atoms with van der Waals surface area (Å²) >= 11 is 0. The lowest BCUT2D eigenvalue weighted by Crippen LogP contribution is -2.04. The van der Waals surface area contributed by atoms with Crippen LogP contribution in [0.25, 0.3) is 0 Å². The number of pyridine rings is 1. The van der Waals surface area contributed by atoms with Gasteiger partial charge in [-0.3, -0.25) is 0 Å². The fourth-order valence-corrected chi connectivity index (χ4v) is 1.82. The highest BCUT2D eigenvalue weighted by Gasteiger charge is 2.08. The van der Waals surface area contributed by atoms with E-state index in [-0.39, 0.29) is 5.56 Å². The number of aromatic carboxylic acids is 1. The number of rotatable bonds is 9. The van der Waals surface area contributed by atoms with Crippen molar-refractivity contribution in [3.8, 4) is 5.88 Å². The predicted octanol–water partition coefficient (Wildman–Crippen LogP) is 3.69. The van der Waals surface area contributed by atoms with Crippen molar-refractivity contribution in [3.63, 3.8) is 0 Å². The molecule has 0 bridgehead atoms. The van der Waals surface area contributed by atoms with Crippen LogP contribution in [0, 0.1) is 0 Å². The number of ether oxygens (including phenoxy) is 1. The van der Waals surface area contributed by atoms with Gasteiger partial charge in [0.25, 0.3) is 0 Å². The Balaban J connectivity index is 2.48. The molecule has 4 heteroatoms. The Bertz CT molecular complexity index is 404. The fourth-order valence-electron chi connectivity index (χ4n) is 1.82. The fraction of sp³-hybridized carbons (Fsp3) is 0.600. The van der Waals surface area contributed by atoms with E-state index in [1.54, 1.807) is 6.07 Å². The van der Waals surface area contributed by atoms with Crippen molar-refractivity contribution in [1.82, 2.24) is 4.98 Å². The molecule has 0 saturated carbocycles. The zero-order chi connectivity index (χ0) is 14.1. The highest BCUT2D eigenvalue weighted by molar-refractivity contribution is 5.88. The summed E-state index contributed by atoms with van der Waals surface area (Å²) in [6.07, 6.45) is 6.54. The Kier molecular flexibility index (Phi) is 6.93. The number of unbranched alkanes of at least 4 members (excludes halogenated alkanes) is 4. The summed E-state index contributed by atoms with van der Waals surface area (Å²) in [6, 6.07) is 3.09. The first-order valence-corrected chi connectivity index (χ1v) is 7.04. The molecule has 106 valence electrons. The normalized spacial score (nSPS) is 10.4. The van der Waals surface area contributed by atoms with Crippen molar-refractivity contribution < 1.29 is 14.6 Å². The molecule has 0 aliphatic heterocycles. The third kappa shape index (κ3) is 5.73. The average Bonchev–Trinajstić information content (AvgIpc) is 2.42. The summed E-state index contributed by atoms with van der Waals surface area (Å²) in [4.78, 5) is 15.3. The Morgan fingerprint density at radius 2 is 1.95 bits per heavy atom. The molecule has 0 fully saturated rings. The van der Waals surface area contributed by atoms with Gasteiger partial charge in [-0.25, -0.2) is 9.78 Å². The van der Waals surface area contributed by atoms with Crippen LogP contribution >= 0.6 is 0 Å². The lowest BCUT2D eigenvalue weighted by atomic mass is 10.2. The maximum atomic E-state index is 11.0. The monoisotopic (exact) mass is 265 g/mol. The molecule has 1 heterocycles. The Hall–Kier alpha value is -1.58. The lowest BCUT2D eigenvalue weighted by molar-refractivity contribution is 0.0696. The second kappa shape index (κ2) is 8.51. The summed E-state index contributed by atoms with van der Waals surface area (Å²) in [5, 5.41) is 9.01. The van der Waals surface area contributed by atoms with Gasteiger partial charge in [-0.2, -0.15) is 0 Å². The number of aryl methyl sites for hydroxylation is 1. The molecule has 1 rings (SSSR count). The van der Waals surface area contributed by atoms with E-state index in [9.17, 15) is 4.79 Å².